The number of rotatable bonds is 4. The Morgan fingerprint density at radius 1 is 1.32 bits per heavy atom. The molecule has 3 aromatic rings. The van der Waals surface area contributed by atoms with Gasteiger partial charge in [-0.1, -0.05) is 0 Å². The van der Waals surface area contributed by atoms with E-state index < -0.39 is 11.8 Å². The van der Waals surface area contributed by atoms with E-state index in [0.717, 1.165) is 0 Å². The molecule has 1 aromatic carbocycles. The first-order valence-corrected chi connectivity index (χ1v) is 7.07. The largest absolute Gasteiger partial charge is 0.497 e. The summed E-state index contributed by atoms with van der Waals surface area (Å²) in [5.41, 5.74) is 0.454. The van der Waals surface area contributed by atoms with Gasteiger partial charge >= 0.3 is 5.97 Å². The van der Waals surface area contributed by atoms with Crippen molar-refractivity contribution < 1.29 is 19.0 Å². The number of nitriles is 1. The van der Waals surface area contributed by atoms with Gasteiger partial charge in [0.15, 0.2) is 11.5 Å². The second-order valence-corrected chi connectivity index (χ2v) is 5.00. The van der Waals surface area contributed by atoms with Crippen LogP contribution in [-0.2, 0) is 0 Å². The van der Waals surface area contributed by atoms with Gasteiger partial charge in [-0.25, -0.2) is 18.9 Å². The van der Waals surface area contributed by atoms with E-state index in [1.54, 1.807) is 0 Å². The minimum Gasteiger partial charge on any atom is -0.497 e. The molecule has 0 spiro atoms. The van der Waals surface area contributed by atoms with Crippen molar-refractivity contribution in [1.82, 2.24) is 14.8 Å². The minimum atomic E-state index is -1.12. The average molecular weight is 338 g/mol. The summed E-state index contributed by atoms with van der Waals surface area (Å²) in [7, 11) is 1.46. The maximum absolute atomic E-state index is 14.1. The smallest absolute Gasteiger partial charge is 0.338 e. The molecule has 0 radical (unpaired) electrons. The van der Waals surface area contributed by atoms with Gasteiger partial charge in [0.2, 0.25) is 0 Å². The fourth-order valence-electron chi connectivity index (χ4n) is 2.28. The van der Waals surface area contributed by atoms with Gasteiger partial charge in [-0.3, -0.25) is 0 Å². The molecule has 0 amide bonds. The Morgan fingerprint density at radius 3 is 2.76 bits per heavy atom. The fourth-order valence-corrected chi connectivity index (χ4v) is 2.28. The number of methoxy groups -OCH3 is 1. The Morgan fingerprint density at radius 2 is 2.12 bits per heavy atom. The van der Waals surface area contributed by atoms with Crippen LogP contribution in [0.3, 0.4) is 0 Å². The summed E-state index contributed by atoms with van der Waals surface area (Å²) < 4.78 is 20.5. The van der Waals surface area contributed by atoms with Gasteiger partial charge in [-0.15, -0.1) is 0 Å². The van der Waals surface area contributed by atoms with Gasteiger partial charge in [-0.2, -0.15) is 10.4 Å². The third kappa shape index (κ3) is 3.03. The highest BCUT2D eigenvalue weighted by Crippen LogP contribution is 2.29. The van der Waals surface area contributed by atoms with Gasteiger partial charge in [0, 0.05) is 17.3 Å². The maximum atomic E-state index is 14.1. The molecule has 0 saturated carbocycles. The third-order valence-corrected chi connectivity index (χ3v) is 3.51. The quantitative estimate of drug-likeness (QED) is 0.785. The number of halogens is 1. The van der Waals surface area contributed by atoms with Crippen molar-refractivity contribution in [3.05, 3.63) is 59.8 Å². The second-order valence-electron chi connectivity index (χ2n) is 5.00. The molecule has 0 unspecified atom stereocenters. The predicted molar refractivity (Wildman–Crippen MR) is 85.0 cm³/mol. The van der Waals surface area contributed by atoms with Gasteiger partial charge < -0.3 is 9.84 Å². The van der Waals surface area contributed by atoms with Gasteiger partial charge in [0.25, 0.3) is 0 Å². The van der Waals surface area contributed by atoms with Crippen molar-refractivity contribution in [2.45, 2.75) is 0 Å². The number of carbonyl (C=O) groups is 1. The van der Waals surface area contributed by atoms with E-state index in [4.69, 9.17) is 9.84 Å². The summed E-state index contributed by atoms with van der Waals surface area (Å²) in [5, 5.41) is 22.2. The molecule has 8 heteroatoms. The number of carboxylic acids is 1. The van der Waals surface area contributed by atoms with E-state index in [1.165, 1.54) is 54.5 Å². The average Bonchev–Trinajstić information content (AvgIpc) is 3.12. The second kappa shape index (κ2) is 6.41. The van der Waals surface area contributed by atoms with E-state index in [2.05, 4.69) is 10.1 Å². The minimum absolute atomic E-state index is 0.0109. The summed E-state index contributed by atoms with van der Waals surface area (Å²) >= 11 is 0. The van der Waals surface area contributed by atoms with Gasteiger partial charge in [-0.05, 0) is 30.3 Å². The number of hydrogen-bond donors (Lipinski definition) is 1. The molecule has 2 aromatic heterocycles. The Hall–Kier alpha value is -3.73. The molecule has 1 N–H and O–H groups in total. The van der Waals surface area contributed by atoms with Crippen LogP contribution < -0.4 is 4.74 Å². The van der Waals surface area contributed by atoms with Crippen molar-refractivity contribution in [3.8, 4) is 28.8 Å². The molecule has 0 atom stereocenters. The number of ether oxygens (including phenoxy) is 1. The van der Waals surface area contributed by atoms with E-state index in [1.807, 2.05) is 6.07 Å². The Balaban J connectivity index is 2.09. The Labute approximate surface area is 141 Å². The van der Waals surface area contributed by atoms with Crippen LogP contribution in [-0.4, -0.2) is 33.0 Å². The Kier molecular flexibility index (Phi) is 4.14. The molecule has 0 saturated heterocycles. The molecular weight excluding hydrogens is 327 g/mol. The molecule has 0 aliphatic rings. The lowest BCUT2D eigenvalue weighted by Gasteiger charge is -2.09. The highest BCUT2D eigenvalue weighted by molar-refractivity contribution is 5.87. The fraction of sp³-hybridized carbons (Fsp3) is 0.0588. The molecule has 0 fully saturated rings. The topological polar surface area (TPSA) is 101 Å². The van der Waals surface area contributed by atoms with Crippen LogP contribution in [0.1, 0.15) is 16.1 Å². The van der Waals surface area contributed by atoms with E-state index >= 15 is 0 Å². The maximum Gasteiger partial charge on any atom is 0.338 e. The van der Waals surface area contributed by atoms with E-state index in [-0.39, 0.29) is 22.6 Å². The predicted octanol–water partition coefficient (Wildman–Crippen LogP) is 2.65. The SMILES string of the molecule is COc1ccc(F)c(-c2ccc(-n3cc(C(=O)O)cn3)nc2C#N)c1. The van der Waals surface area contributed by atoms with E-state index in [0.29, 0.717) is 11.3 Å². The lowest BCUT2D eigenvalue weighted by Crippen LogP contribution is -2.02. The van der Waals surface area contributed by atoms with Crippen molar-refractivity contribution in [2.24, 2.45) is 0 Å². The first-order valence-electron chi connectivity index (χ1n) is 7.07. The number of nitrogens with zero attached hydrogens (tertiary/aromatic N) is 4. The molecule has 25 heavy (non-hydrogen) atoms. The normalized spacial score (nSPS) is 10.3. The van der Waals surface area contributed by atoms with Crippen LogP contribution in [0.2, 0.25) is 0 Å². The zero-order valence-corrected chi connectivity index (χ0v) is 13.0. The molecule has 124 valence electrons. The monoisotopic (exact) mass is 338 g/mol. The van der Waals surface area contributed by atoms with Crippen LogP contribution in [0, 0.1) is 17.1 Å². The number of benzene rings is 1. The molecule has 0 aliphatic heterocycles. The molecule has 7 nitrogen and oxygen atoms in total. The first-order chi connectivity index (χ1) is 12.0. The van der Waals surface area contributed by atoms with Crippen LogP contribution in [0.25, 0.3) is 16.9 Å². The van der Waals surface area contributed by atoms with Crippen LogP contribution in [0.15, 0.2) is 42.7 Å². The molecule has 3 rings (SSSR count). The van der Waals surface area contributed by atoms with Crippen LogP contribution in [0.4, 0.5) is 4.39 Å². The first kappa shape index (κ1) is 16.1. The number of pyridine rings is 1. The summed E-state index contributed by atoms with van der Waals surface area (Å²) in [4.78, 5) is 15.1. The summed E-state index contributed by atoms with van der Waals surface area (Å²) in [6.07, 6.45) is 2.45. The zero-order chi connectivity index (χ0) is 18.0. The number of carboxylic acid groups (broad SMARTS) is 1. The number of hydrogen-bond acceptors (Lipinski definition) is 5. The lowest BCUT2D eigenvalue weighted by molar-refractivity contribution is 0.0697. The zero-order valence-electron chi connectivity index (χ0n) is 13.0. The van der Waals surface area contributed by atoms with E-state index in [9.17, 15) is 14.4 Å². The summed E-state index contributed by atoms with van der Waals surface area (Å²) in [6, 6.07) is 9.17. The van der Waals surface area contributed by atoms with Crippen molar-refractivity contribution in [1.29, 1.82) is 5.26 Å². The van der Waals surface area contributed by atoms with Gasteiger partial charge in [0.05, 0.1) is 18.9 Å². The molecule has 0 aliphatic carbocycles. The molecule has 0 bridgehead atoms. The van der Waals surface area contributed by atoms with Crippen molar-refractivity contribution in [2.75, 3.05) is 7.11 Å². The standard InChI is InChI=1S/C17H11FN4O3/c1-25-11-2-4-14(18)13(6-11)12-3-5-16(21-15(12)7-19)22-9-10(8-20-22)17(23)24/h2-6,8-9H,1H3,(H,23,24). The van der Waals surface area contributed by atoms with Crippen LogP contribution in [0.5, 0.6) is 5.75 Å². The van der Waals surface area contributed by atoms with Crippen molar-refractivity contribution in [3.63, 3.8) is 0 Å². The summed E-state index contributed by atoms with van der Waals surface area (Å²) in [5.74, 6) is -0.945. The number of aromatic nitrogens is 3. The van der Waals surface area contributed by atoms with Crippen LogP contribution >= 0.6 is 0 Å². The van der Waals surface area contributed by atoms with Gasteiger partial charge in [0.1, 0.15) is 17.6 Å². The molecular formula is C17H11FN4O3. The Bertz CT molecular complexity index is 1010. The highest BCUT2D eigenvalue weighted by atomic mass is 19.1. The highest BCUT2D eigenvalue weighted by Gasteiger charge is 2.15. The lowest BCUT2D eigenvalue weighted by atomic mass is 10.0. The molecule has 2 heterocycles. The third-order valence-electron chi connectivity index (χ3n) is 3.51. The van der Waals surface area contributed by atoms with Crippen molar-refractivity contribution >= 4 is 5.97 Å². The summed E-state index contributed by atoms with van der Waals surface area (Å²) in [6.45, 7) is 0. The number of aromatic carboxylic acids is 1.